The third-order valence-electron chi connectivity index (χ3n) is 2.38. The number of carbonyl (C=O) groups is 1. The first kappa shape index (κ1) is 16.4. The Morgan fingerprint density at radius 2 is 2.05 bits per heavy atom. The molecule has 0 saturated carbocycles. The van der Waals surface area contributed by atoms with Gasteiger partial charge in [-0.25, -0.2) is 9.97 Å². The molecule has 0 unspecified atom stereocenters. The fourth-order valence-electron chi connectivity index (χ4n) is 1.64. The fourth-order valence-corrected chi connectivity index (χ4v) is 1.64. The molecule has 0 fully saturated rings. The third kappa shape index (κ3) is 5.97. The van der Waals surface area contributed by atoms with Crippen LogP contribution in [0.1, 0.15) is 43.5 Å². The van der Waals surface area contributed by atoms with Crippen LogP contribution in [-0.4, -0.2) is 41.7 Å². The van der Waals surface area contributed by atoms with Crippen LogP contribution in [0.2, 0.25) is 0 Å². The first-order valence-electron chi connectivity index (χ1n) is 6.73. The Hall–Kier alpha value is -1.69. The van der Waals surface area contributed by atoms with E-state index in [9.17, 15) is 4.79 Å². The number of rotatable bonds is 6. The molecule has 2 N–H and O–H groups in total. The van der Waals surface area contributed by atoms with Crippen molar-refractivity contribution in [2.24, 2.45) is 0 Å². The molecule has 6 heteroatoms. The zero-order chi connectivity index (χ0) is 15.2. The summed E-state index contributed by atoms with van der Waals surface area (Å²) in [5, 5.41) is 6.06. The number of aromatic nitrogens is 2. The van der Waals surface area contributed by atoms with Gasteiger partial charge in [0.15, 0.2) is 0 Å². The maximum Gasteiger partial charge on any atom is 0.270 e. The van der Waals surface area contributed by atoms with Crippen LogP contribution in [0.3, 0.4) is 0 Å². The van der Waals surface area contributed by atoms with Gasteiger partial charge >= 0.3 is 0 Å². The number of nitrogens with one attached hydrogen (secondary N) is 2. The summed E-state index contributed by atoms with van der Waals surface area (Å²) in [6.07, 6.45) is 0.777. The van der Waals surface area contributed by atoms with Crippen molar-refractivity contribution < 1.29 is 9.53 Å². The Morgan fingerprint density at radius 3 is 2.65 bits per heavy atom. The minimum Gasteiger partial charge on any atom is -0.385 e. The van der Waals surface area contributed by atoms with Gasteiger partial charge in [-0.05, 0) is 34.1 Å². The van der Waals surface area contributed by atoms with E-state index >= 15 is 0 Å². The largest absolute Gasteiger partial charge is 0.385 e. The average molecular weight is 280 g/mol. The molecule has 0 spiro atoms. The van der Waals surface area contributed by atoms with Gasteiger partial charge in [-0.15, -0.1) is 0 Å². The summed E-state index contributed by atoms with van der Waals surface area (Å²) in [7, 11) is 1.64. The number of amides is 1. The molecule has 112 valence electrons. The Kier molecular flexibility index (Phi) is 5.88. The van der Waals surface area contributed by atoms with Crippen molar-refractivity contribution in [1.29, 1.82) is 0 Å². The van der Waals surface area contributed by atoms with E-state index in [0.717, 1.165) is 6.42 Å². The van der Waals surface area contributed by atoms with Gasteiger partial charge in [0.05, 0.1) is 0 Å². The summed E-state index contributed by atoms with van der Waals surface area (Å²) in [6.45, 7) is 9.08. The molecule has 1 aromatic rings. The van der Waals surface area contributed by atoms with Crippen LogP contribution in [0.25, 0.3) is 0 Å². The molecule has 0 aliphatic rings. The highest BCUT2D eigenvalue weighted by Gasteiger charge is 2.14. The van der Waals surface area contributed by atoms with Crippen LogP contribution in [0.5, 0.6) is 0 Å². The molecule has 1 aromatic heterocycles. The quantitative estimate of drug-likeness (QED) is 0.777. The van der Waals surface area contributed by atoms with E-state index in [1.807, 2.05) is 20.8 Å². The predicted molar refractivity (Wildman–Crippen MR) is 79.0 cm³/mol. The summed E-state index contributed by atoms with van der Waals surface area (Å²) in [6, 6.07) is 1.67. The highest BCUT2D eigenvalue weighted by molar-refractivity contribution is 5.92. The summed E-state index contributed by atoms with van der Waals surface area (Å²) in [5.74, 6) is 1.04. The molecule has 0 bridgehead atoms. The second-order valence-corrected chi connectivity index (χ2v) is 5.66. The van der Waals surface area contributed by atoms with E-state index in [2.05, 4.69) is 20.6 Å². The molecule has 0 saturated heterocycles. The minimum absolute atomic E-state index is 0.118. The summed E-state index contributed by atoms with van der Waals surface area (Å²) in [4.78, 5) is 20.5. The standard InChI is InChI=1S/C14H24N4O2/c1-10-16-11(13(19)15-7-6-8-20-5)9-12(17-10)18-14(2,3)4/h9H,6-8H2,1-5H3,(H,15,19)(H,16,17,18). The lowest BCUT2D eigenvalue weighted by Crippen LogP contribution is -2.29. The molecule has 0 radical (unpaired) electrons. The number of methoxy groups -OCH3 is 1. The molecule has 1 amide bonds. The zero-order valence-electron chi connectivity index (χ0n) is 12.9. The Bertz CT molecular complexity index is 455. The fraction of sp³-hybridized carbons (Fsp3) is 0.643. The maximum atomic E-state index is 12.0. The van der Waals surface area contributed by atoms with Gasteiger partial charge in [-0.2, -0.15) is 0 Å². The van der Waals surface area contributed by atoms with Gasteiger partial charge < -0.3 is 15.4 Å². The molecular formula is C14H24N4O2. The molecule has 1 heterocycles. The van der Waals surface area contributed by atoms with Crippen LogP contribution >= 0.6 is 0 Å². The van der Waals surface area contributed by atoms with Crippen molar-refractivity contribution in [3.8, 4) is 0 Å². The van der Waals surface area contributed by atoms with E-state index in [1.165, 1.54) is 0 Å². The summed E-state index contributed by atoms with van der Waals surface area (Å²) in [5.41, 5.74) is 0.258. The van der Waals surface area contributed by atoms with Gasteiger partial charge in [0.1, 0.15) is 17.3 Å². The van der Waals surface area contributed by atoms with Crippen molar-refractivity contribution in [2.45, 2.75) is 39.7 Å². The normalized spacial score (nSPS) is 11.2. The summed E-state index contributed by atoms with van der Waals surface area (Å²) < 4.78 is 4.94. The van der Waals surface area contributed by atoms with Crippen molar-refractivity contribution in [1.82, 2.24) is 15.3 Å². The lowest BCUT2D eigenvalue weighted by Gasteiger charge is -2.21. The number of hydrogen-bond donors (Lipinski definition) is 2. The zero-order valence-corrected chi connectivity index (χ0v) is 12.9. The number of aryl methyl sites for hydroxylation is 1. The van der Waals surface area contributed by atoms with Gasteiger partial charge in [0.2, 0.25) is 0 Å². The topological polar surface area (TPSA) is 76.1 Å². The lowest BCUT2D eigenvalue weighted by molar-refractivity contribution is 0.0943. The molecule has 20 heavy (non-hydrogen) atoms. The van der Waals surface area contributed by atoms with E-state index in [-0.39, 0.29) is 11.4 Å². The van der Waals surface area contributed by atoms with E-state index in [4.69, 9.17) is 4.74 Å². The van der Waals surface area contributed by atoms with Crippen molar-refractivity contribution in [2.75, 3.05) is 25.6 Å². The van der Waals surface area contributed by atoms with Crippen LogP contribution in [0.4, 0.5) is 5.82 Å². The smallest absolute Gasteiger partial charge is 0.270 e. The number of carbonyl (C=O) groups excluding carboxylic acids is 1. The number of nitrogens with zero attached hydrogens (tertiary/aromatic N) is 2. The lowest BCUT2D eigenvalue weighted by atomic mass is 10.1. The van der Waals surface area contributed by atoms with Crippen molar-refractivity contribution >= 4 is 11.7 Å². The van der Waals surface area contributed by atoms with Crippen LogP contribution in [-0.2, 0) is 4.74 Å². The van der Waals surface area contributed by atoms with Crippen LogP contribution < -0.4 is 10.6 Å². The van der Waals surface area contributed by atoms with E-state index in [1.54, 1.807) is 20.1 Å². The van der Waals surface area contributed by atoms with Crippen molar-refractivity contribution in [3.05, 3.63) is 17.6 Å². The molecular weight excluding hydrogens is 256 g/mol. The highest BCUT2D eigenvalue weighted by atomic mass is 16.5. The van der Waals surface area contributed by atoms with Gasteiger partial charge in [0, 0.05) is 31.9 Å². The first-order chi connectivity index (χ1) is 9.31. The molecule has 0 aliphatic heterocycles. The molecule has 0 aromatic carbocycles. The second-order valence-electron chi connectivity index (χ2n) is 5.66. The number of hydrogen-bond acceptors (Lipinski definition) is 5. The van der Waals surface area contributed by atoms with Crippen LogP contribution in [0, 0.1) is 6.92 Å². The Balaban J connectivity index is 2.72. The Labute approximate surface area is 120 Å². The summed E-state index contributed by atoms with van der Waals surface area (Å²) >= 11 is 0. The molecule has 0 aliphatic carbocycles. The Morgan fingerprint density at radius 1 is 1.35 bits per heavy atom. The number of ether oxygens (including phenoxy) is 1. The number of anilines is 1. The third-order valence-corrected chi connectivity index (χ3v) is 2.38. The monoisotopic (exact) mass is 280 g/mol. The van der Waals surface area contributed by atoms with Gasteiger partial charge in [-0.3, -0.25) is 4.79 Å². The van der Waals surface area contributed by atoms with E-state index in [0.29, 0.717) is 30.5 Å². The SMILES string of the molecule is COCCCNC(=O)c1cc(NC(C)(C)C)nc(C)n1. The molecule has 6 nitrogen and oxygen atoms in total. The first-order valence-corrected chi connectivity index (χ1v) is 6.73. The molecule has 0 atom stereocenters. The average Bonchev–Trinajstić information content (AvgIpc) is 2.31. The predicted octanol–water partition coefficient (Wildman–Crippen LogP) is 1.76. The highest BCUT2D eigenvalue weighted by Crippen LogP contribution is 2.13. The molecule has 1 rings (SSSR count). The van der Waals surface area contributed by atoms with E-state index < -0.39 is 0 Å². The minimum atomic E-state index is -0.191. The maximum absolute atomic E-state index is 12.0. The van der Waals surface area contributed by atoms with Crippen LogP contribution in [0.15, 0.2) is 6.07 Å². The van der Waals surface area contributed by atoms with Crippen molar-refractivity contribution in [3.63, 3.8) is 0 Å². The van der Waals surface area contributed by atoms with Gasteiger partial charge in [-0.1, -0.05) is 0 Å². The van der Waals surface area contributed by atoms with Gasteiger partial charge in [0.25, 0.3) is 5.91 Å². The second kappa shape index (κ2) is 7.19.